The molecule has 1 atom stereocenters. The van der Waals surface area contributed by atoms with Gasteiger partial charge in [-0.15, -0.1) is 22.9 Å². The highest BCUT2D eigenvalue weighted by molar-refractivity contribution is 9.11. The molecule has 62 valence electrons. The fourth-order valence-corrected chi connectivity index (χ4v) is 2.31. The summed E-state index contributed by atoms with van der Waals surface area (Å²) in [5, 5.41) is 1.16. The normalized spacial score (nSPS) is 13.4. The first-order valence-electron chi connectivity index (χ1n) is 3.38. The van der Waals surface area contributed by atoms with Crippen LogP contribution in [0.3, 0.4) is 0 Å². The van der Waals surface area contributed by atoms with Crippen LogP contribution in [0.25, 0.3) is 0 Å². The second-order valence-electron chi connectivity index (χ2n) is 2.52. The Morgan fingerprint density at radius 2 is 2.55 bits per heavy atom. The van der Waals surface area contributed by atoms with Gasteiger partial charge in [-0.05, 0) is 21.8 Å². The van der Waals surface area contributed by atoms with Gasteiger partial charge < -0.3 is 0 Å². The molecule has 0 aliphatic carbocycles. The molecule has 1 rings (SSSR count). The van der Waals surface area contributed by atoms with Crippen molar-refractivity contribution >= 4 is 38.9 Å². The van der Waals surface area contributed by atoms with Gasteiger partial charge >= 0.3 is 0 Å². The first-order chi connectivity index (χ1) is 5.22. The molecule has 0 saturated carbocycles. The Bertz CT molecular complexity index is 226. The smallest absolute Gasteiger partial charge is 0.0939 e. The van der Waals surface area contributed by atoms with E-state index in [1.54, 1.807) is 11.3 Å². The van der Waals surface area contributed by atoms with E-state index >= 15 is 0 Å². The van der Waals surface area contributed by atoms with Gasteiger partial charge in [0.2, 0.25) is 0 Å². The van der Waals surface area contributed by atoms with Crippen molar-refractivity contribution < 1.29 is 0 Å². The van der Waals surface area contributed by atoms with Crippen LogP contribution in [0.4, 0.5) is 0 Å². The van der Waals surface area contributed by atoms with Gasteiger partial charge in [-0.1, -0.05) is 6.92 Å². The van der Waals surface area contributed by atoms with E-state index in [2.05, 4.69) is 27.8 Å². The number of aromatic nitrogens is 1. The SMILES string of the molecule is CC(CCl)Cc1ncc(Br)s1. The van der Waals surface area contributed by atoms with Crippen molar-refractivity contribution in [2.24, 2.45) is 5.92 Å². The number of hydrogen-bond acceptors (Lipinski definition) is 2. The van der Waals surface area contributed by atoms with Crippen LogP contribution >= 0.6 is 38.9 Å². The molecule has 1 nitrogen and oxygen atoms in total. The van der Waals surface area contributed by atoms with Crippen molar-refractivity contribution in [2.75, 3.05) is 5.88 Å². The molecule has 0 radical (unpaired) electrons. The molecule has 0 fully saturated rings. The third-order valence-corrected chi connectivity index (χ3v) is 3.34. The summed E-state index contributed by atoms with van der Waals surface area (Å²) in [5.41, 5.74) is 0. The van der Waals surface area contributed by atoms with E-state index in [0.717, 1.165) is 15.2 Å². The third kappa shape index (κ3) is 3.09. The first-order valence-corrected chi connectivity index (χ1v) is 5.53. The maximum Gasteiger partial charge on any atom is 0.0939 e. The van der Waals surface area contributed by atoms with Gasteiger partial charge in [-0.3, -0.25) is 0 Å². The maximum absolute atomic E-state index is 5.67. The lowest BCUT2D eigenvalue weighted by Gasteiger charge is -2.01. The number of hydrogen-bond donors (Lipinski definition) is 0. The molecule has 0 aliphatic heterocycles. The number of alkyl halides is 1. The standard InChI is InChI=1S/C7H9BrClNS/c1-5(3-9)2-7-10-4-6(8)11-7/h4-5H,2-3H2,1H3. The molecule has 0 aliphatic rings. The van der Waals surface area contributed by atoms with Gasteiger partial charge in [0.1, 0.15) is 0 Å². The van der Waals surface area contributed by atoms with Crippen LogP contribution in [0.1, 0.15) is 11.9 Å². The van der Waals surface area contributed by atoms with Gasteiger partial charge in [-0.25, -0.2) is 4.98 Å². The van der Waals surface area contributed by atoms with E-state index in [0.29, 0.717) is 11.8 Å². The van der Waals surface area contributed by atoms with Crippen molar-refractivity contribution in [3.05, 3.63) is 15.0 Å². The van der Waals surface area contributed by atoms with Gasteiger partial charge in [-0.2, -0.15) is 0 Å². The highest BCUT2D eigenvalue weighted by Crippen LogP contribution is 2.21. The predicted octanol–water partition coefficient (Wildman–Crippen LogP) is 3.32. The molecule has 0 amide bonds. The second kappa shape index (κ2) is 4.43. The van der Waals surface area contributed by atoms with Crippen LogP contribution in [0, 0.1) is 5.92 Å². The summed E-state index contributed by atoms with van der Waals surface area (Å²) in [5.74, 6) is 1.23. The van der Waals surface area contributed by atoms with Crippen LogP contribution in [-0.4, -0.2) is 10.9 Å². The van der Waals surface area contributed by atoms with Crippen molar-refractivity contribution in [2.45, 2.75) is 13.3 Å². The fraction of sp³-hybridized carbons (Fsp3) is 0.571. The highest BCUT2D eigenvalue weighted by atomic mass is 79.9. The van der Waals surface area contributed by atoms with Crippen LogP contribution in [0.5, 0.6) is 0 Å². The summed E-state index contributed by atoms with van der Waals surface area (Å²) < 4.78 is 1.09. The predicted molar refractivity (Wildman–Crippen MR) is 53.4 cm³/mol. The van der Waals surface area contributed by atoms with E-state index in [1.165, 1.54) is 0 Å². The monoisotopic (exact) mass is 253 g/mol. The minimum Gasteiger partial charge on any atom is -0.248 e. The summed E-state index contributed by atoms with van der Waals surface area (Å²) in [4.78, 5) is 4.22. The molecule has 1 heterocycles. The molecule has 4 heteroatoms. The Morgan fingerprint density at radius 1 is 1.82 bits per heavy atom. The van der Waals surface area contributed by atoms with Gasteiger partial charge in [0.25, 0.3) is 0 Å². The molecular weight excluding hydrogens is 246 g/mol. The number of thiazole rings is 1. The second-order valence-corrected chi connectivity index (χ2v) is 5.32. The third-order valence-electron chi connectivity index (χ3n) is 1.31. The zero-order valence-corrected chi connectivity index (χ0v) is 9.34. The number of halogens is 2. The average Bonchev–Trinajstić information content (AvgIpc) is 2.35. The summed E-state index contributed by atoms with van der Waals surface area (Å²) in [6.45, 7) is 2.13. The van der Waals surface area contributed by atoms with Crippen molar-refractivity contribution in [1.82, 2.24) is 4.98 Å². The Kier molecular flexibility index (Phi) is 3.82. The van der Waals surface area contributed by atoms with Gasteiger partial charge in [0, 0.05) is 12.3 Å². The lowest BCUT2D eigenvalue weighted by Crippen LogP contribution is -1.99. The van der Waals surface area contributed by atoms with E-state index in [-0.39, 0.29) is 0 Å². The molecule has 0 saturated heterocycles. The van der Waals surface area contributed by atoms with Crippen molar-refractivity contribution in [3.63, 3.8) is 0 Å². The summed E-state index contributed by atoms with van der Waals surface area (Å²) in [6.07, 6.45) is 2.82. The van der Waals surface area contributed by atoms with Gasteiger partial charge in [0.05, 0.1) is 15.0 Å². The van der Waals surface area contributed by atoms with E-state index in [9.17, 15) is 0 Å². The van der Waals surface area contributed by atoms with E-state index in [4.69, 9.17) is 11.6 Å². The average molecular weight is 255 g/mol. The zero-order chi connectivity index (χ0) is 8.27. The van der Waals surface area contributed by atoms with E-state index in [1.807, 2.05) is 6.20 Å². The lowest BCUT2D eigenvalue weighted by atomic mass is 10.1. The van der Waals surface area contributed by atoms with Crippen LogP contribution in [-0.2, 0) is 6.42 Å². The Hall–Kier alpha value is 0.400. The topological polar surface area (TPSA) is 12.9 Å². The molecule has 11 heavy (non-hydrogen) atoms. The molecule has 1 aromatic heterocycles. The Labute approximate surface area is 83.9 Å². The zero-order valence-electron chi connectivity index (χ0n) is 6.18. The summed E-state index contributed by atoms with van der Waals surface area (Å²) >= 11 is 10.7. The van der Waals surface area contributed by atoms with E-state index < -0.39 is 0 Å². The largest absolute Gasteiger partial charge is 0.248 e. The van der Waals surface area contributed by atoms with Crippen LogP contribution < -0.4 is 0 Å². The molecule has 0 N–H and O–H groups in total. The maximum atomic E-state index is 5.67. The minimum atomic E-state index is 0.523. The van der Waals surface area contributed by atoms with Crippen molar-refractivity contribution in [3.8, 4) is 0 Å². The minimum absolute atomic E-state index is 0.523. The Balaban J connectivity index is 2.50. The van der Waals surface area contributed by atoms with Crippen LogP contribution in [0.15, 0.2) is 9.98 Å². The quantitative estimate of drug-likeness (QED) is 0.754. The lowest BCUT2D eigenvalue weighted by molar-refractivity contribution is 0.652. The summed E-state index contributed by atoms with van der Waals surface area (Å²) in [6, 6.07) is 0. The fourth-order valence-electron chi connectivity index (χ4n) is 0.735. The van der Waals surface area contributed by atoms with Crippen LogP contribution in [0.2, 0.25) is 0 Å². The number of nitrogens with zero attached hydrogens (tertiary/aromatic N) is 1. The molecule has 0 aromatic carbocycles. The Morgan fingerprint density at radius 3 is 3.00 bits per heavy atom. The molecular formula is C7H9BrClNS. The molecule has 0 spiro atoms. The molecule has 1 aromatic rings. The first kappa shape index (κ1) is 9.49. The highest BCUT2D eigenvalue weighted by Gasteiger charge is 2.04. The van der Waals surface area contributed by atoms with Gasteiger partial charge in [0.15, 0.2) is 0 Å². The summed E-state index contributed by atoms with van der Waals surface area (Å²) in [7, 11) is 0. The molecule has 1 unspecified atom stereocenters. The number of rotatable bonds is 3. The van der Waals surface area contributed by atoms with Crippen molar-refractivity contribution in [1.29, 1.82) is 0 Å². The molecule has 0 bridgehead atoms.